The third-order valence-electron chi connectivity index (χ3n) is 5.67. The summed E-state index contributed by atoms with van der Waals surface area (Å²) in [6.07, 6.45) is 3.23. The molecule has 4 rings (SSSR count). The van der Waals surface area contributed by atoms with Gasteiger partial charge in [0.15, 0.2) is 11.5 Å². The van der Waals surface area contributed by atoms with Gasteiger partial charge in [0, 0.05) is 30.8 Å². The number of fused-ring (bicyclic) bond motifs is 1. The van der Waals surface area contributed by atoms with Crippen LogP contribution < -0.4 is 14.8 Å². The van der Waals surface area contributed by atoms with Crippen molar-refractivity contribution in [1.82, 2.24) is 10.2 Å². The lowest BCUT2D eigenvalue weighted by atomic mass is 9.91. The van der Waals surface area contributed by atoms with Crippen LogP contribution in [0.15, 0.2) is 42.5 Å². The van der Waals surface area contributed by atoms with Gasteiger partial charge < -0.3 is 19.7 Å². The number of carbonyl (C=O) groups excluding carboxylic acids is 1. The van der Waals surface area contributed by atoms with Gasteiger partial charge in [-0.05, 0) is 55.5 Å². The number of nitrogens with one attached hydrogen (secondary N) is 1. The van der Waals surface area contributed by atoms with Crippen LogP contribution in [-0.2, 0) is 6.54 Å². The van der Waals surface area contributed by atoms with Gasteiger partial charge in [-0.15, -0.1) is 0 Å². The second-order valence-electron chi connectivity index (χ2n) is 7.54. The summed E-state index contributed by atoms with van der Waals surface area (Å²) >= 11 is 0. The van der Waals surface area contributed by atoms with Crippen molar-refractivity contribution in [3.8, 4) is 11.5 Å². The molecular weight excluding hydrogens is 352 g/mol. The zero-order valence-electron chi connectivity index (χ0n) is 16.4. The third-order valence-corrected chi connectivity index (χ3v) is 5.67. The minimum absolute atomic E-state index is 0.0731. The zero-order valence-corrected chi connectivity index (χ0v) is 16.4. The first-order chi connectivity index (χ1) is 13.8. The number of ether oxygens (including phenoxy) is 2. The third kappa shape index (κ3) is 3.99. The van der Waals surface area contributed by atoms with Crippen molar-refractivity contribution in [2.45, 2.75) is 31.7 Å². The molecule has 0 unspecified atom stereocenters. The number of methoxy groups -OCH3 is 1. The summed E-state index contributed by atoms with van der Waals surface area (Å²) in [5.41, 5.74) is 3.05. The van der Waals surface area contributed by atoms with Crippen LogP contribution in [0.3, 0.4) is 0 Å². The Labute approximate surface area is 166 Å². The van der Waals surface area contributed by atoms with E-state index in [-0.39, 0.29) is 5.91 Å². The van der Waals surface area contributed by atoms with Gasteiger partial charge in [-0.2, -0.15) is 0 Å². The van der Waals surface area contributed by atoms with Gasteiger partial charge in [0.1, 0.15) is 0 Å². The summed E-state index contributed by atoms with van der Waals surface area (Å²) in [6.45, 7) is 3.92. The largest absolute Gasteiger partial charge is 0.493 e. The average Bonchev–Trinajstić information content (AvgIpc) is 2.74. The highest BCUT2D eigenvalue weighted by atomic mass is 16.5. The fourth-order valence-corrected chi connectivity index (χ4v) is 4.11. The van der Waals surface area contributed by atoms with Crippen molar-refractivity contribution in [3.05, 3.63) is 59.2 Å². The molecule has 1 amide bonds. The standard InChI is InChI=1S/C23H28N2O3/c1-27-21-7-2-5-20-16-25(13-4-14-28-22(20)21)23(26)18-10-8-17(9-11-18)19-6-3-12-24-15-19/h2,5,7-11,19,24H,3-4,6,12-16H2,1H3/t19-/m0/s1. The highest BCUT2D eigenvalue weighted by molar-refractivity contribution is 5.94. The maximum Gasteiger partial charge on any atom is 0.254 e. The molecule has 2 aliphatic heterocycles. The molecule has 2 aromatic rings. The average molecular weight is 380 g/mol. The quantitative estimate of drug-likeness (QED) is 0.884. The van der Waals surface area contributed by atoms with Gasteiger partial charge in [0.05, 0.1) is 13.7 Å². The lowest BCUT2D eigenvalue weighted by Crippen LogP contribution is -2.33. The maximum absolute atomic E-state index is 13.2. The number of rotatable bonds is 3. The summed E-state index contributed by atoms with van der Waals surface area (Å²) in [5, 5.41) is 3.46. The molecule has 2 heterocycles. The summed E-state index contributed by atoms with van der Waals surface area (Å²) in [5.74, 6) is 2.10. The zero-order chi connectivity index (χ0) is 19.3. The lowest BCUT2D eigenvalue weighted by Gasteiger charge is -2.28. The summed E-state index contributed by atoms with van der Waals surface area (Å²) in [7, 11) is 1.64. The molecule has 0 spiro atoms. The van der Waals surface area contributed by atoms with E-state index >= 15 is 0 Å². The topological polar surface area (TPSA) is 50.8 Å². The van der Waals surface area contributed by atoms with Crippen LogP contribution in [0.5, 0.6) is 11.5 Å². The highest BCUT2D eigenvalue weighted by Gasteiger charge is 2.22. The molecule has 0 aromatic heterocycles. The SMILES string of the molecule is COc1cccc2c1OCCCN(C(=O)c1ccc([C@H]3CCCNC3)cc1)C2. The van der Waals surface area contributed by atoms with Gasteiger partial charge in [0.25, 0.3) is 5.91 Å². The Kier molecular flexibility index (Phi) is 5.81. The van der Waals surface area contributed by atoms with E-state index in [1.807, 2.05) is 35.2 Å². The Morgan fingerprint density at radius 1 is 1.18 bits per heavy atom. The van der Waals surface area contributed by atoms with Crippen LogP contribution >= 0.6 is 0 Å². The lowest BCUT2D eigenvalue weighted by molar-refractivity contribution is 0.0721. The first kappa shape index (κ1) is 18.8. The van der Waals surface area contributed by atoms with E-state index in [9.17, 15) is 4.79 Å². The van der Waals surface area contributed by atoms with Crippen molar-refractivity contribution in [3.63, 3.8) is 0 Å². The number of piperidine rings is 1. The monoisotopic (exact) mass is 380 g/mol. The second kappa shape index (κ2) is 8.65. The molecule has 0 radical (unpaired) electrons. The van der Waals surface area contributed by atoms with Crippen molar-refractivity contribution in [2.24, 2.45) is 0 Å². The number of benzene rings is 2. The summed E-state index contributed by atoms with van der Waals surface area (Å²) in [4.78, 5) is 15.1. The summed E-state index contributed by atoms with van der Waals surface area (Å²) < 4.78 is 11.3. The van der Waals surface area contributed by atoms with Gasteiger partial charge in [-0.1, -0.05) is 24.3 Å². The molecule has 0 aliphatic carbocycles. The Balaban J connectivity index is 1.52. The van der Waals surface area contributed by atoms with Crippen molar-refractivity contribution in [1.29, 1.82) is 0 Å². The van der Waals surface area contributed by atoms with Gasteiger partial charge >= 0.3 is 0 Å². The Hall–Kier alpha value is -2.53. The number of hydrogen-bond donors (Lipinski definition) is 1. The minimum atomic E-state index is 0.0731. The summed E-state index contributed by atoms with van der Waals surface area (Å²) in [6, 6.07) is 14.0. The molecule has 2 aliphatic rings. The van der Waals surface area contributed by atoms with Crippen LogP contribution in [0.1, 0.15) is 46.7 Å². The Bertz CT molecular complexity index is 813. The van der Waals surface area contributed by atoms with Crippen LogP contribution in [0.2, 0.25) is 0 Å². The number of nitrogens with zero attached hydrogens (tertiary/aromatic N) is 1. The molecule has 1 saturated heterocycles. The molecule has 0 saturated carbocycles. The first-order valence-electron chi connectivity index (χ1n) is 10.1. The molecule has 1 N–H and O–H groups in total. The Morgan fingerprint density at radius 2 is 2.04 bits per heavy atom. The number of para-hydroxylation sites is 1. The first-order valence-corrected chi connectivity index (χ1v) is 10.1. The number of carbonyl (C=O) groups is 1. The highest BCUT2D eigenvalue weighted by Crippen LogP contribution is 2.33. The molecule has 0 bridgehead atoms. The fourth-order valence-electron chi connectivity index (χ4n) is 4.11. The van der Waals surface area contributed by atoms with Crippen molar-refractivity contribution in [2.75, 3.05) is 33.4 Å². The van der Waals surface area contributed by atoms with E-state index < -0.39 is 0 Å². The molecule has 1 fully saturated rings. The van der Waals surface area contributed by atoms with Crippen molar-refractivity contribution < 1.29 is 14.3 Å². The van der Waals surface area contributed by atoms with Gasteiger partial charge in [0.2, 0.25) is 0 Å². The van der Waals surface area contributed by atoms with Crippen LogP contribution in [0.25, 0.3) is 0 Å². The molecule has 28 heavy (non-hydrogen) atoms. The molecule has 5 nitrogen and oxygen atoms in total. The molecule has 2 aromatic carbocycles. The minimum Gasteiger partial charge on any atom is -0.493 e. The smallest absolute Gasteiger partial charge is 0.254 e. The van der Waals surface area contributed by atoms with Crippen LogP contribution in [0.4, 0.5) is 0 Å². The van der Waals surface area contributed by atoms with E-state index in [4.69, 9.17) is 9.47 Å². The van der Waals surface area contributed by atoms with E-state index in [1.165, 1.54) is 18.4 Å². The van der Waals surface area contributed by atoms with E-state index in [2.05, 4.69) is 17.4 Å². The van der Waals surface area contributed by atoms with Crippen molar-refractivity contribution >= 4 is 5.91 Å². The number of amides is 1. The molecular formula is C23H28N2O3. The van der Waals surface area contributed by atoms with E-state index in [1.54, 1.807) is 7.11 Å². The number of hydrogen-bond acceptors (Lipinski definition) is 4. The Morgan fingerprint density at radius 3 is 2.79 bits per heavy atom. The van der Waals surface area contributed by atoms with Crippen LogP contribution in [-0.4, -0.2) is 44.2 Å². The maximum atomic E-state index is 13.2. The molecule has 1 atom stereocenters. The van der Waals surface area contributed by atoms with E-state index in [0.29, 0.717) is 25.6 Å². The molecule has 5 heteroatoms. The predicted molar refractivity (Wildman–Crippen MR) is 109 cm³/mol. The van der Waals surface area contributed by atoms with Gasteiger partial charge in [-0.3, -0.25) is 4.79 Å². The normalized spacial score (nSPS) is 19.8. The molecule has 148 valence electrons. The predicted octanol–water partition coefficient (Wildman–Crippen LogP) is 3.59. The fraction of sp³-hybridized carbons (Fsp3) is 0.435. The van der Waals surface area contributed by atoms with Gasteiger partial charge in [-0.25, -0.2) is 0 Å². The second-order valence-corrected chi connectivity index (χ2v) is 7.54. The van der Waals surface area contributed by atoms with Crippen LogP contribution in [0, 0.1) is 0 Å². The van der Waals surface area contributed by atoms with E-state index in [0.717, 1.165) is 42.1 Å².